The van der Waals surface area contributed by atoms with Crippen molar-refractivity contribution in [3.05, 3.63) is 22.4 Å². The van der Waals surface area contributed by atoms with Crippen molar-refractivity contribution >= 4 is 51.6 Å². The zero-order valence-corrected chi connectivity index (χ0v) is 15.2. The number of carbonyl (C=O) groups excluding carboxylic acids is 2. The van der Waals surface area contributed by atoms with Gasteiger partial charge in [0.25, 0.3) is 0 Å². The molecule has 1 heterocycles. The summed E-state index contributed by atoms with van der Waals surface area (Å²) in [4.78, 5) is 26.5. The molecule has 1 aromatic heterocycles. The second-order valence-corrected chi connectivity index (χ2v) is 7.00. The van der Waals surface area contributed by atoms with Gasteiger partial charge in [-0.05, 0) is 31.7 Å². The van der Waals surface area contributed by atoms with Crippen molar-refractivity contribution in [1.82, 2.24) is 15.5 Å². The fourth-order valence-corrected chi connectivity index (χ4v) is 3.57. The third-order valence-electron chi connectivity index (χ3n) is 2.84. The third kappa shape index (κ3) is 7.24. The molecule has 122 valence electrons. The van der Waals surface area contributed by atoms with E-state index in [1.54, 1.807) is 11.3 Å². The number of nitrogens with one attached hydrogen (secondary N) is 2. The second kappa shape index (κ2) is 10.6. The normalized spacial score (nSPS) is 10.1. The van der Waals surface area contributed by atoms with Crippen LogP contribution >= 0.6 is 35.3 Å². The first-order valence-electron chi connectivity index (χ1n) is 7.08. The number of hydrogen-bond donors (Lipinski definition) is 2. The summed E-state index contributed by atoms with van der Waals surface area (Å²) >= 11 is 8.15. The SMILES string of the molecule is CCN(CC)C(=S)SCC(=O)NC(=O)NCCc1cccs1. The first kappa shape index (κ1) is 18.9. The summed E-state index contributed by atoms with van der Waals surface area (Å²) < 4.78 is 0.679. The lowest BCUT2D eigenvalue weighted by Crippen LogP contribution is -2.41. The van der Waals surface area contributed by atoms with Crippen LogP contribution < -0.4 is 10.6 Å². The van der Waals surface area contributed by atoms with Gasteiger partial charge in [0.1, 0.15) is 4.32 Å². The van der Waals surface area contributed by atoms with Gasteiger partial charge in [-0.3, -0.25) is 10.1 Å². The minimum absolute atomic E-state index is 0.147. The molecule has 0 unspecified atom stereocenters. The van der Waals surface area contributed by atoms with E-state index >= 15 is 0 Å². The molecule has 0 saturated carbocycles. The fraction of sp³-hybridized carbons (Fsp3) is 0.500. The number of thiophene rings is 1. The first-order valence-corrected chi connectivity index (χ1v) is 9.35. The minimum Gasteiger partial charge on any atom is -0.358 e. The van der Waals surface area contributed by atoms with Crippen molar-refractivity contribution in [2.75, 3.05) is 25.4 Å². The molecule has 0 fully saturated rings. The van der Waals surface area contributed by atoms with Crippen LogP contribution in [0, 0.1) is 0 Å². The van der Waals surface area contributed by atoms with Crippen molar-refractivity contribution < 1.29 is 9.59 Å². The largest absolute Gasteiger partial charge is 0.358 e. The minimum atomic E-state index is -0.462. The van der Waals surface area contributed by atoms with E-state index < -0.39 is 6.03 Å². The van der Waals surface area contributed by atoms with Crippen LogP contribution in [0.2, 0.25) is 0 Å². The maximum Gasteiger partial charge on any atom is 0.321 e. The lowest BCUT2D eigenvalue weighted by Gasteiger charge is -2.20. The van der Waals surface area contributed by atoms with E-state index in [2.05, 4.69) is 10.6 Å². The number of thioether (sulfide) groups is 1. The lowest BCUT2D eigenvalue weighted by atomic mass is 10.3. The Morgan fingerprint density at radius 1 is 1.36 bits per heavy atom. The number of amides is 3. The Hall–Kier alpha value is -1.12. The average Bonchev–Trinajstić information content (AvgIpc) is 2.99. The van der Waals surface area contributed by atoms with Crippen LogP contribution in [0.1, 0.15) is 18.7 Å². The van der Waals surface area contributed by atoms with Gasteiger partial charge < -0.3 is 10.2 Å². The molecule has 3 amide bonds. The van der Waals surface area contributed by atoms with Crippen LogP contribution in [0.15, 0.2) is 17.5 Å². The number of hydrogen-bond acceptors (Lipinski definition) is 5. The van der Waals surface area contributed by atoms with Gasteiger partial charge in [0.2, 0.25) is 5.91 Å². The maximum absolute atomic E-state index is 11.7. The van der Waals surface area contributed by atoms with Gasteiger partial charge in [-0.15, -0.1) is 11.3 Å². The van der Waals surface area contributed by atoms with Crippen LogP contribution in [0.3, 0.4) is 0 Å². The monoisotopic (exact) mass is 359 g/mol. The van der Waals surface area contributed by atoms with Crippen LogP contribution in [-0.2, 0) is 11.2 Å². The highest BCUT2D eigenvalue weighted by Crippen LogP contribution is 2.09. The van der Waals surface area contributed by atoms with E-state index in [1.165, 1.54) is 16.6 Å². The van der Waals surface area contributed by atoms with E-state index in [0.29, 0.717) is 10.9 Å². The predicted molar refractivity (Wildman–Crippen MR) is 97.5 cm³/mol. The highest BCUT2D eigenvalue weighted by atomic mass is 32.2. The van der Waals surface area contributed by atoms with E-state index in [4.69, 9.17) is 12.2 Å². The molecule has 0 aliphatic carbocycles. The van der Waals surface area contributed by atoms with Gasteiger partial charge in [0, 0.05) is 24.5 Å². The highest BCUT2D eigenvalue weighted by Gasteiger charge is 2.11. The number of thiocarbonyl (C=S) groups is 1. The quantitative estimate of drug-likeness (QED) is 0.733. The number of imide groups is 1. The van der Waals surface area contributed by atoms with Crippen LogP contribution in [0.5, 0.6) is 0 Å². The molecule has 0 aromatic carbocycles. The summed E-state index contributed by atoms with van der Waals surface area (Å²) in [6.45, 7) is 6.15. The summed E-state index contributed by atoms with van der Waals surface area (Å²) in [5.74, 6) is -0.193. The van der Waals surface area contributed by atoms with Crippen molar-refractivity contribution in [2.45, 2.75) is 20.3 Å². The van der Waals surface area contributed by atoms with Crippen LogP contribution in [0.25, 0.3) is 0 Å². The molecule has 2 N–H and O–H groups in total. The summed E-state index contributed by atoms with van der Waals surface area (Å²) in [6, 6.07) is 3.52. The molecule has 0 bridgehead atoms. The van der Waals surface area contributed by atoms with Crippen LogP contribution in [0.4, 0.5) is 4.79 Å². The Balaban J connectivity index is 2.18. The van der Waals surface area contributed by atoms with E-state index in [9.17, 15) is 9.59 Å². The Morgan fingerprint density at radius 2 is 2.09 bits per heavy atom. The Labute approximate surface area is 144 Å². The molecule has 0 spiro atoms. The van der Waals surface area contributed by atoms with E-state index in [-0.39, 0.29) is 11.7 Å². The molecule has 1 aromatic rings. The molecule has 0 saturated heterocycles. The standard InChI is InChI=1S/C14H21N3O2S3/c1-3-17(4-2)14(20)22-10-12(18)16-13(19)15-8-7-11-6-5-9-21-11/h5-6,9H,3-4,7-8,10H2,1-2H3,(H2,15,16,18,19). The first-order chi connectivity index (χ1) is 10.6. The van der Waals surface area contributed by atoms with Crippen molar-refractivity contribution in [1.29, 1.82) is 0 Å². The van der Waals surface area contributed by atoms with Gasteiger partial charge in [0.15, 0.2) is 0 Å². The number of rotatable bonds is 7. The van der Waals surface area contributed by atoms with Crippen molar-refractivity contribution in [2.24, 2.45) is 0 Å². The molecular weight excluding hydrogens is 338 g/mol. The summed E-state index contributed by atoms with van der Waals surface area (Å²) in [6.07, 6.45) is 0.764. The molecular formula is C14H21N3O2S3. The van der Waals surface area contributed by atoms with E-state index in [1.807, 2.05) is 36.3 Å². The fourth-order valence-electron chi connectivity index (χ4n) is 1.66. The van der Waals surface area contributed by atoms with Gasteiger partial charge in [-0.1, -0.05) is 30.0 Å². The van der Waals surface area contributed by atoms with E-state index in [0.717, 1.165) is 19.5 Å². The third-order valence-corrected chi connectivity index (χ3v) is 5.30. The zero-order valence-electron chi connectivity index (χ0n) is 12.8. The Morgan fingerprint density at radius 3 is 2.68 bits per heavy atom. The topological polar surface area (TPSA) is 61.4 Å². The molecule has 22 heavy (non-hydrogen) atoms. The number of urea groups is 1. The molecule has 5 nitrogen and oxygen atoms in total. The van der Waals surface area contributed by atoms with Crippen LogP contribution in [-0.4, -0.2) is 46.5 Å². The average molecular weight is 360 g/mol. The summed E-state index contributed by atoms with van der Waals surface area (Å²) in [7, 11) is 0. The Bertz CT molecular complexity index is 488. The molecule has 0 atom stereocenters. The number of nitrogens with zero attached hydrogens (tertiary/aromatic N) is 1. The summed E-state index contributed by atoms with van der Waals surface area (Å²) in [5.41, 5.74) is 0. The predicted octanol–water partition coefficient (Wildman–Crippen LogP) is 2.48. The van der Waals surface area contributed by atoms with Gasteiger partial charge in [-0.2, -0.15) is 0 Å². The highest BCUT2D eigenvalue weighted by molar-refractivity contribution is 8.23. The molecule has 1 rings (SSSR count). The van der Waals surface area contributed by atoms with Gasteiger partial charge in [0.05, 0.1) is 5.75 Å². The number of carbonyl (C=O) groups is 2. The second-order valence-electron chi connectivity index (χ2n) is 4.36. The zero-order chi connectivity index (χ0) is 16.4. The maximum atomic E-state index is 11.7. The molecule has 0 aliphatic heterocycles. The van der Waals surface area contributed by atoms with Crippen molar-refractivity contribution in [3.63, 3.8) is 0 Å². The van der Waals surface area contributed by atoms with Gasteiger partial charge in [-0.25, -0.2) is 4.79 Å². The van der Waals surface area contributed by atoms with Crippen molar-refractivity contribution in [3.8, 4) is 0 Å². The molecule has 0 radical (unpaired) electrons. The summed E-state index contributed by atoms with van der Waals surface area (Å²) in [5, 5.41) is 6.97. The van der Waals surface area contributed by atoms with Gasteiger partial charge >= 0.3 is 6.03 Å². The molecule has 8 heteroatoms. The lowest BCUT2D eigenvalue weighted by molar-refractivity contribution is -0.117. The smallest absolute Gasteiger partial charge is 0.321 e. The Kier molecular flexibility index (Phi) is 9.10. The molecule has 0 aliphatic rings.